The van der Waals surface area contributed by atoms with E-state index in [4.69, 9.17) is 0 Å². The number of azo groups is 1. The molecular formula is C17H21N5NaO6S+. The summed E-state index contributed by atoms with van der Waals surface area (Å²) in [6, 6.07) is 6.88. The summed E-state index contributed by atoms with van der Waals surface area (Å²) in [5.74, 6) is -0.136. The molecule has 1 heterocycles. The van der Waals surface area contributed by atoms with E-state index < -0.39 is 20.4 Å². The largest absolute Gasteiger partial charge is 1.00 e. The molecule has 2 rings (SSSR count). The average molecular weight is 446 g/mol. The van der Waals surface area contributed by atoms with Crippen molar-refractivity contribution in [3.05, 3.63) is 46.6 Å². The van der Waals surface area contributed by atoms with Crippen LogP contribution >= 0.6 is 0 Å². The molecule has 0 aliphatic heterocycles. The number of aromatic hydroxyl groups is 1. The Bertz CT molecular complexity index is 1000. The zero-order chi connectivity index (χ0) is 21.6. The van der Waals surface area contributed by atoms with E-state index in [-0.39, 0.29) is 58.9 Å². The van der Waals surface area contributed by atoms with E-state index in [1.54, 1.807) is 13.0 Å². The van der Waals surface area contributed by atoms with Crippen molar-refractivity contribution in [3.8, 4) is 5.75 Å². The van der Waals surface area contributed by atoms with Crippen LogP contribution in [0, 0.1) is 10.1 Å². The van der Waals surface area contributed by atoms with Crippen molar-refractivity contribution in [2.75, 3.05) is 11.4 Å². The molecular weight excluding hydrogens is 425 g/mol. The molecule has 0 spiro atoms. The van der Waals surface area contributed by atoms with E-state index >= 15 is 0 Å². The van der Waals surface area contributed by atoms with Crippen molar-refractivity contribution in [1.82, 2.24) is 4.98 Å². The van der Waals surface area contributed by atoms with Crippen LogP contribution in [-0.2, 0) is 10.1 Å². The molecule has 1 aromatic heterocycles. The summed E-state index contributed by atoms with van der Waals surface area (Å²) < 4.78 is 32.9. The predicted molar refractivity (Wildman–Crippen MR) is 106 cm³/mol. The Kier molecular flexibility index (Phi) is 9.78. The first-order valence-electron chi connectivity index (χ1n) is 8.75. The number of benzene rings is 1. The van der Waals surface area contributed by atoms with Crippen molar-refractivity contribution >= 4 is 33.0 Å². The summed E-state index contributed by atoms with van der Waals surface area (Å²) in [5, 5.41) is 27.4. The van der Waals surface area contributed by atoms with Gasteiger partial charge in [-0.3, -0.25) is 14.7 Å². The standard InChI is InChI=1S/C17H21N5O6S.Na/c1-3-9-21(17(4-2)29(26,27)28)12-5-7-14(15(23)10-12)19-20-16-8-6-13(11-18-16)22(24)25;/h5-8,10-11,17,23H,3-4,9H2,1-2H3,(H,26,27,28);/q;+1/b20-19+;. The van der Waals surface area contributed by atoms with Gasteiger partial charge in [0.25, 0.3) is 15.8 Å². The maximum absolute atomic E-state index is 11.7. The molecule has 0 bridgehead atoms. The third-order valence-corrected chi connectivity index (χ3v) is 5.27. The van der Waals surface area contributed by atoms with Gasteiger partial charge in [-0.2, -0.15) is 8.42 Å². The maximum atomic E-state index is 11.7. The summed E-state index contributed by atoms with van der Waals surface area (Å²) in [6.45, 7) is 3.86. The third kappa shape index (κ3) is 6.71. The maximum Gasteiger partial charge on any atom is 1.00 e. The van der Waals surface area contributed by atoms with Crippen molar-refractivity contribution < 1.29 is 52.6 Å². The smallest absolute Gasteiger partial charge is 0.506 e. The second kappa shape index (κ2) is 11.3. The Morgan fingerprint density at radius 3 is 2.40 bits per heavy atom. The fraction of sp³-hybridized carbons (Fsp3) is 0.353. The summed E-state index contributed by atoms with van der Waals surface area (Å²) in [7, 11) is -4.32. The van der Waals surface area contributed by atoms with Crippen molar-refractivity contribution in [1.29, 1.82) is 0 Å². The summed E-state index contributed by atoms with van der Waals surface area (Å²) in [4.78, 5) is 15.3. The average Bonchev–Trinajstić information content (AvgIpc) is 2.66. The molecule has 0 aliphatic carbocycles. The summed E-state index contributed by atoms with van der Waals surface area (Å²) in [5.41, 5.74) is 0.322. The van der Waals surface area contributed by atoms with E-state index in [0.717, 1.165) is 6.20 Å². The molecule has 13 heteroatoms. The van der Waals surface area contributed by atoms with Gasteiger partial charge in [-0.15, -0.1) is 10.2 Å². The molecule has 0 fully saturated rings. The van der Waals surface area contributed by atoms with Crippen LogP contribution in [-0.4, -0.2) is 39.9 Å². The second-order valence-electron chi connectivity index (χ2n) is 6.08. The number of anilines is 1. The number of hydrogen-bond donors (Lipinski definition) is 2. The van der Waals surface area contributed by atoms with Crippen LogP contribution in [0.1, 0.15) is 26.7 Å². The van der Waals surface area contributed by atoms with Crippen LogP contribution in [0.5, 0.6) is 5.75 Å². The number of nitro groups is 1. The molecule has 156 valence electrons. The predicted octanol–water partition coefficient (Wildman–Crippen LogP) is 0.955. The van der Waals surface area contributed by atoms with Gasteiger partial charge in [0.05, 0.1) is 4.92 Å². The molecule has 0 amide bonds. The minimum absolute atomic E-state index is 0. The molecule has 2 aromatic rings. The molecule has 30 heavy (non-hydrogen) atoms. The Morgan fingerprint density at radius 2 is 1.93 bits per heavy atom. The molecule has 1 atom stereocenters. The minimum Gasteiger partial charge on any atom is -0.506 e. The van der Waals surface area contributed by atoms with Crippen LogP contribution < -0.4 is 34.5 Å². The van der Waals surface area contributed by atoms with Crippen LogP contribution in [0.15, 0.2) is 46.8 Å². The fourth-order valence-electron chi connectivity index (χ4n) is 2.70. The molecule has 1 aromatic carbocycles. The molecule has 11 nitrogen and oxygen atoms in total. The second-order valence-corrected chi connectivity index (χ2v) is 7.65. The van der Waals surface area contributed by atoms with E-state index in [1.165, 1.54) is 29.2 Å². The van der Waals surface area contributed by atoms with Gasteiger partial charge in [0.2, 0.25) is 0 Å². The Labute approximate surface area is 196 Å². The van der Waals surface area contributed by atoms with Gasteiger partial charge in [-0.1, -0.05) is 13.8 Å². The number of nitrogens with zero attached hydrogens (tertiary/aromatic N) is 5. The number of pyridine rings is 1. The topological polar surface area (TPSA) is 159 Å². The van der Waals surface area contributed by atoms with Crippen molar-refractivity contribution in [3.63, 3.8) is 0 Å². The number of aromatic nitrogens is 1. The molecule has 0 aliphatic rings. The van der Waals surface area contributed by atoms with Gasteiger partial charge in [-0.25, -0.2) is 4.98 Å². The third-order valence-electron chi connectivity index (χ3n) is 4.00. The van der Waals surface area contributed by atoms with Crippen LogP contribution in [0.25, 0.3) is 0 Å². The molecule has 0 saturated carbocycles. The SMILES string of the molecule is CCCN(c1ccc(/N=N/c2ccc([N+](=O)[O-])cn2)c(O)c1)C(CC)S(=O)(=O)O.[Na+]. The monoisotopic (exact) mass is 446 g/mol. The van der Waals surface area contributed by atoms with Crippen LogP contribution in [0.2, 0.25) is 0 Å². The zero-order valence-electron chi connectivity index (χ0n) is 16.8. The van der Waals surface area contributed by atoms with E-state index in [0.29, 0.717) is 18.7 Å². The zero-order valence-corrected chi connectivity index (χ0v) is 19.7. The normalized spacial score (nSPS) is 12.4. The molecule has 0 saturated heterocycles. The van der Waals surface area contributed by atoms with Crippen molar-refractivity contribution in [2.24, 2.45) is 10.2 Å². The summed E-state index contributed by atoms with van der Waals surface area (Å²) >= 11 is 0. The minimum atomic E-state index is -4.32. The first-order valence-corrected chi connectivity index (χ1v) is 10.3. The van der Waals surface area contributed by atoms with Crippen molar-refractivity contribution in [2.45, 2.75) is 32.1 Å². The number of rotatable bonds is 9. The van der Waals surface area contributed by atoms with Gasteiger partial charge < -0.3 is 10.0 Å². The first kappa shape index (κ1) is 25.9. The summed E-state index contributed by atoms with van der Waals surface area (Å²) in [6.07, 6.45) is 1.83. The number of hydrogen-bond acceptors (Lipinski definition) is 9. The Hall–Kier alpha value is -2.12. The van der Waals surface area contributed by atoms with Gasteiger partial charge in [0.1, 0.15) is 17.6 Å². The number of phenols is 1. The fourth-order valence-corrected chi connectivity index (χ4v) is 3.67. The quantitative estimate of drug-likeness (QED) is 0.189. The van der Waals surface area contributed by atoms with Gasteiger partial charge in [0, 0.05) is 24.4 Å². The molecule has 0 radical (unpaired) electrons. The number of phenolic OH excluding ortho intramolecular Hbond substituents is 1. The van der Waals surface area contributed by atoms with Gasteiger partial charge in [-0.05, 0) is 31.0 Å². The van der Waals surface area contributed by atoms with Gasteiger partial charge >= 0.3 is 29.6 Å². The first-order chi connectivity index (χ1) is 13.7. The van der Waals surface area contributed by atoms with E-state index in [9.17, 15) is 28.2 Å². The molecule has 2 N–H and O–H groups in total. The van der Waals surface area contributed by atoms with Crippen LogP contribution in [0.4, 0.5) is 22.9 Å². The molecule has 1 unspecified atom stereocenters. The Morgan fingerprint density at radius 1 is 1.23 bits per heavy atom. The van der Waals surface area contributed by atoms with Crippen LogP contribution in [0.3, 0.4) is 0 Å². The van der Waals surface area contributed by atoms with E-state index in [1.807, 2.05) is 6.92 Å². The van der Waals surface area contributed by atoms with E-state index in [2.05, 4.69) is 15.2 Å². The van der Waals surface area contributed by atoms with Gasteiger partial charge in [0.15, 0.2) is 11.2 Å². The Balaban J connectivity index is 0.00000450.